The highest BCUT2D eigenvalue weighted by atomic mass is 16.5. The predicted octanol–water partition coefficient (Wildman–Crippen LogP) is 3.65. The van der Waals surface area contributed by atoms with Crippen molar-refractivity contribution in [3.05, 3.63) is 53.4 Å². The molecule has 3 heteroatoms. The molecule has 0 bridgehead atoms. The lowest BCUT2D eigenvalue weighted by molar-refractivity contribution is 0.366. The number of hydrogen-bond donors (Lipinski definition) is 1. The highest BCUT2D eigenvalue weighted by Crippen LogP contribution is 2.18. The Morgan fingerprint density at radius 3 is 2.28 bits per heavy atom. The number of aromatic nitrogens is 1. The molecule has 1 atom stereocenters. The fraction of sp³-hybridized carbons (Fsp3) is 0.400. The van der Waals surface area contributed by atoms with Gasteiger partial charge in [0.25, 0.3) is 0 Å². The molecule has 96 valence electrons. The number of nitrogens with zero attached hydrogens (tertiary/aromatic N) is 1. The molecule has 0 saturated heterocycles. The van der Waals surface area contributed by atoms with E-state index < -0.39 is 0 Å². The molecule has 0 aliphatic heterocycles. The van der Waals surface area contributed by atoms with Gasteiger partial charge >= 0.3 is 0 Å². The van der Waals surface area contributed by atoms with Gasteiger partial charge in [-0.15, -0.1) is 0 Å². The number of benzene rings is 1. The van der Waals surface area contributed by atoms with Crippen LogP contribution in [0.1, 0.15) is 49.6 Å². The topological polar surface area (TPSA) is 38.1 Å². The maximum Gasteiger partial charge on any atom is 0.150 e. The van der Waals surface area contributed by atoms with Gasteiger partial charge < -0.3 is 9.84 Å². The monoisotopic (exact) mass is 244 g/mol. The van der Waals surface area contributed by atoms with E-state index in [4.69, 9.17) is 4.52 Å². The van der Waals surface area contributed by atoms with Gasteiger partial charge in [0, 0.05) is 12.1 Å². The second-order valence-corrected chi connectivity index (χ2v) is 4.90. The van der Waals surface area contributed by atoms with E-state index in [-0.39, 0.29) is 0 Å². The molecule has 2 rings (SSSR count). The molecular formula is C15H20N2O. The van der Waals surface area contributed by atoms with Crippen molar-refractivity contribution in [2.24, 2.45) is 0 Å². The minimum Gasteiger partial charge on any atom is -0.360 e. The van der Waals surface area contributed by atoms with E-state index in [9.17, 15) is 0 Å². The van der Waals surface area contributed by atoms with Crippen molar-refractivity contribution in [1.29, 1.82) is 0 Å². The Kier molecular flexibility index (Phi) is 4.15. The maximum atomic E-state index is 5.06. The third kappa shape index (κ3) is 3.20. The third-order valence-electron chi connectivity index (χ3n) is 3.18. The second-order valence-electron chi connectivity index (χ2n) is 4.90. The van der Waals surface area contributed by atoms with Gasteiger partial charge in [0.2, 0.25) is 0 Å². The Balaban J connectivity index is 1.94. The van der Waals surface area contributed by atoms with Gasteiger partial charge in [-0.05, 0) is 24.0 Å². The molecule has 0 saturated carbocycles. The molecule has 0 radical (unpaired) electrons. The van der Waals surface area contributed by atoms with Crippen LogP contribution < -0.4 is 5.32 Å². The Morgan fingerprint density at radius 1 is 1.06 bits per heavy atom. The van der Waals surface area contributed by atoms with E-state index in [1.807, 2.05) is 6.07 Å². The molecule has 3 nitrogen and oxygen atoms in total. The van der Waals surface area contributed by atoms with Gasteiger partial charge in [0.15, 0.2) is 0 Å². The first kappa shape index (κ1) is 12.8. The number of hydrogen-bond acceptors (Lipinski definition) is 3. The van der Waals surface area contributed by atoms with Gasteiger partial charge in [-0.3, -0.25) is 0 Å². The molecular weight excluding hydrogens is 224 g/mol. The summed E-state index contributed by atoms with van der Waals surface area (Å²) in [6.07, 6.45) is 1.67. The molecule has 0 aliphatic carbocycles. The van der Waals surface area contributed by atoms with Gasteiger partial charge in [-0.2, -0.15) is 0 Å². The molecule has 0 aliphatic rings. The first-order valence-corrected chi connectivity index (χ1v) is 6.39. The summed E-state index contributed by atoms with van der Waals surface area (Å²) in [6, 6.07) is 11.0. The van der Waals surface area contributed by atoms with E-state index in [0.29, 0.717) is 18.5 Å². The summed E-state index contributed by atoms with van der Waals surface area (Å²) < 4.78 is 5.06. The summed E-state index contributed by atoms with van der Waals surface area (Å²) in [5.41, 5.74) is 2.67. The van der Waals surface area contributed by atoms with Gasteiger partial charge in [0.1, 0.15) is 5.76 Å². The molecule has 1 N–H and O–H groups in total. The fourth-order valence-electron chi connectivity index (χ4n) is 1.87. The summed E-state index contributed by atoms with van der Waals surface area (Å²) in [4.78, 5) is 0. The van der Waals surface area contributed by atoms with Crippen molar-refractivity contribution in [3.63, 3.8) is 0 Å². The molecule has 1 aromatic carbocycles. The molecule has 0 spiro atoms. The van der Waals surface area contributed by atoms with Crippen molar-refractivity contribution >= 4 is 0 Å². The van der Waals surface area contributed by atoms with E-state index in [1.165, 1.54) is 11.1 Å². The highest BCUT2D eigenvalue weighted by molar-refractivity contribution is 5.26. The van der Waals surface area contributed by atoms with Crippen LogP contribution >= 0.6 is 0 Å². The molecule has 0 fully saturated rings. The zero-order chi connectivity index (χ0) is 13.0. The second kappa shape index (κ2) is 5.83. The van der Waals surface area contributed by atoms with Crippen molar-refractivity contribution in [3.8, 4) is 0 Å². The van der Waals surface area contributed by atoms with Crippen molar-refractivity contribution in [2.45, 2.75) is 39.3 Å². The van der Waals surface area contributed by atoms with Crippen LogP contribution in [-0.4, -0.2) is 5.16 Å². The number of nitrogens with one attached hydrogen (secondary N) is 1. The predicted molar refractivity (Wildman–Crippen MR) is 72.3 cm³/mol. The minimum atomic E-state index is 0.302. The molecule has 0 amide bonds. The van der Waals surface area contributed by atoms with E-state index in [1.54, 1.807) is 6.20 Å². The van der Waals surface area contributed by atoms with Crippen LogP contribution in [0.25, 0.3) is 0 Å². The van der Waals surface area contributed by atoms with Crippen molar-refractivity contribution in [1.82, 2.24) is 10.5 Å². The van der Waals surface area contributed by atoms with Crippen LogP contribution in [0.3, 0.4) is 0 Å². The van der Waals surface area contributed by atoms with Crippen LogP contribution in [0.2, 0.25) is 0 Å². The fourth-order valence-corrected chi connectivity index (χ4v) is 1.87. The lowest BCUT2D eigenvalue weighted by atomic mass is 9.99. The summed E-state index contributed by atoms with van der Waals surface area (Å²) >= 11 is 0. The van der Waals surface area contributed by atoms with Crippen molar-refractivity contribution in [2.75, 3.05) is 0 Å². The molecule has 1 unspecified atom stereocenters. The first-order chi connectivity index (χ1) is 8.66. The Bertz CT molecular complexity index is 460. The van der Waals surface area contributed by atoms with Gasteiger partial charge in [-0.1, -0.05) is 43.3 Å². The van der Waals surface area contributed by atoms with Gasteiger partial charge in [0.05, 0.1) is 12.7 Å². The smallest absolute Gasteiger partial charge is 0.150 e. The minimum absolute atomic E-state index is 0.302. The van der Waals surface area contributed by atoms with E-state index >= 15 is 0 Å². The van der Waals surface area contributed by atoms with Gasteiger partial charge in [-0.25, -0.2) is 0 Å². The van der Waals surface area contributed by atoms with Crippen LogP contribution in [0.4, 0.5) is 0 Å². The largest absolute Gasteiger partial charge is 0.360 e. The third-order valence-corrected chi connectivity index (χ3v) is 3.18. The Labute approximate surface area is 108 Å². The van der Waals surface area contributed by atoms with E-state index in [2.05, 4.69) is 55.5 Å². The summed E-state index contributed by atoms with van der Waals surface area (Å²) in [5.74, 6) is 1.44. The SMILES string of the molecule is CC(C)c1ccc(C(C)NCc2ccno2)cc1. The summed E-state index contributed by atoms with van der Waals surface area (Å²) in [6.45, 7) is 7.27. The number of rotatable bonds is 5. The quantitative estimate of drug-likeness (QED) is 0.872. The molecule has 2 aromatic rings. The Morgan fingerprint density at radius 2 is 1.72 bits per heavy atom. The molecule has 18 heavy (non-hydrogen) atoms. The summed E-state index contributed by atoms with van der Waals surface area (Å²) in [7, 11) is 0. The standard InChI is InChI=1S/C15H20N2O/c1-11(2)13-4-6-14(7-5-13)12(3)16-10-15-8-9-17-18-15/h4-9,11-12,16H,10H2,1-3H3. The maximum absolute atomic E-state index is 5.06. The zero-order valence-corrected chi connectivity index (χ0v) is 11.2. The zero-order valence-electron chi connectivity index (χ0n) is 11.2. The van der Waals surface area contributed by atoms with Crippen LogP contribution in [0.15, 0.2) is 41.1 Å². The first-order valence-electron chi connectivity index (χ1n) is 6.39. The highest BCUT2D eigenvalue weighted by Gasteiger charge is 2.07. The normalized spacial score (nSPS) is 12.9. The average Bonchev–Trinajstić information content (AvgIpc) is 2.89. The lowest BCUT2D eigenvalue weighted by Gasteiger charge is -2.14. The molecule has 1 aromatic heterocycles. The Hall–Kier alpha value is -1.61. The average molecular weight is 244 g/mol. The lowest BCUT2D eigenvalue weighted by Crippen LogP contribution is -2.17. The van der Waals surface area contributed by atoms with Crippen LogP contribution in [-0.2, 0) is 6.54 Å². The van der Waals surface area contributed by atoms with E-state index in [0.717, 1.165) is 5.76 Å². The van der Waals surface area contributed by atoms with Crippen molar-refractivity contribution < 1.29 is 4.52 Å². The molecule has 1 heterocycles. The van der Waals surface area contributed by atoms with Crippen LogP contribution in [0.5, 0.6) is 0 Å². The van der Waals surface area contributed by atoms with Crippen LogP contribution in [0, 0.1) is 0 Å². The summed E-state index contributed by atoms with van der Waals surface area (Å²) in [5, 5.41) is 7.11.